The van der Waals surface area contributed by atoms with E-state index in [1.54, 1.807) is 23.9 Å². The molecule has 0 heterocycles. The Morgan fingerprint density at radius 3 is 1.79 bits per heavy atom. The van der Waals surface area contributed by atoms with Crippen molar-refractivity contribution in [1.29, 1.82) is 0 Å². The smallest absolute Gasteiger partial charge is 0.176 e. The van der Waals surface area contributed by atoms with E-state index in [0.29, 0.717) is 22.4 Å². The van der Waals surface area contributed by atoms with Gasteiger partial charge >= 0.3 is 0 Å². The van der Waals surface area contributed by atoms with Crippen LogP contribution in [0.4, 0.5) is 0 Å². The Balaban J connectivity index is 0.000000243. The van der Waals surface area contributed by atoms with E-state index in [1.165, 1.54) is 18.2 Å². The molecule has 4 nitrogen and oxygen atoms in total. The maximum atomic E-state index is 11.1. The lowest BCUT2D eigenvalue weighted by atomic mass is 10.2. The van der Waals surface area contributed by atoms with Crippen LogP contribution in [0, 0.1) is 0 Å². The van der Waals surface area contributed by atoms with Gasteiger partial charge in [0, 0.05) is 22.3 Å². The average molecular weight is 405 g/mol. The molecule has 2 aromatic carbocycles. The summed E-state index contributed by atoms with van der Waals surface area (Å²) in [7, 11) is -3.31. The van der Waals surface area contributed by atoms with Crippen molar-refractivity contribution in [3.63, 3.8) is 0 Å². The van der Waals surface area contributed by atoms with E-state index in [4.69, 9.17) is 23.2 Å². The van der Waals surface area contributed by atoms with E-state index >= 15 is 0 Å². The molecule has 0 saturated carbocycles. The topological polar surface area (TPSA) is 68.3 Å². The van der Waals surface area contributed by atoms with E-state index in [1.807, 2.05) is 12.3 Å². The van der Waals surface area contributed by atoms with Gasteiger partial charge in [0.1, 0.15) is 12.6 Å². The second kappa shape index (κ2) is 9.22. The molecular formula is C16H14Cl2O4S2. The molecule has 128 valence electrons. The van der Waals surface area contributed by atoms with Gasteiger partial charge in [0.25, 0.3) is 0 Å². The van der Waals surface area contributed by atoms with Crippen molar-refractivity contribution < 1.29 is 18.0 Å². The van der Waals surface area contributed by atoms with Crippen LogP contribution >= 0.6 is 35.0 Å². The fraction of sp³-hybridized carbons (Fsp3) is 0.125. The monoisotopic (exact) mass is 404 g/mol. The molecule has 0 aliphatic rings. The minimum Gasteiger partial charge on any atom is -0.298 e. The minimum absolute atomic E-state index is 0.0415. The number of thioether (sulfide) groups is 1. The number of carbonyl (C=O) groups is 2. The van der Waals surface area contributed by atoms with E-state index < -0.39 is 9.84 Å². The number of hydrogen-bond acceptors (Lipinski definition) is 5. The normalized spacial score (nSPS) is 10.5. The first-order valence-corrected chi connectivity index (χ1v) is 10.3. The molecule has 0 amide bonds. The molecule has 0 unspecified atom stereocenters. The van der Waals surface area contributed by atoms with Crippen LogP contribution in [-0.4, -0.2) is 33.5 Å². The first-order valence-electron chi connectivity index (χ1n) is 6.46. The lowest BCUT2D eigenvalue weighted by Crippen LogP contribution is -1.98. The van der Waals surface area contributed by atoms with E-state index in [0.717, 1.165) is 17.4 Å². The largest absolute Gasteiger partial charge is 0.298 e. The first kappa shape index (κ1) is 20.7. The van der Waals surface area contributed by atoms with Crippen molar-refractivity contribution >= 4 is 57.4 Å². The zero-order valence-electron chi connectivity index (χ0n) is 12.8. The number of rotatable bonds is 4. The molecule has 0 aliphatic carbocycles. The molecule has 0 atom stereocenters. The summed E-state index contributed by atoms with van der Waals surface area (Å²) in [4.78, 5) is 21.6. The first-order chi connectivity index (χ1) is 11.2. The quantitative estimate of drug-likeness (QED) is 0.556. The highest BCUT2D eigenvalue weighted by Crippen LogP contribution is 2.25. The number of halogens is 2. The molecule has 0 radical (unpaired) electrons. The van der Waals surface area contributed by atoms with Gasteiger partial charge in [-0.25, -0.2) is 8.42 Å². The van der Waals surface area contributed by atoms with Crippen molar-refractivity contribution in [3.05, 3.63) is 57.6 Å². The third kappa shape index (κ3) is 5.94. The Labute approximate surface area is 155 Å². The summed E-state index contributed by atoms with van der Waals surface area (Å²) < 4.78 is 22.2. The molecule has 0 fully saturated rings. The second-order valence-electron chi connectivity index (χ2n) is 4.59. The summed E-state index contributed by atoms with van der Waals surface area (Å²) in [6.45, 7) is 0. The van der Waals surface area contributed by atoms with Crippen molar-refractivity contribution in [3.8, 4) is 0 Å². The Kier molecular flexibility index (Phi) is 7.96. The van der Waals surface area contributed by atoms with Gasteiger partial charge in [-0.2, -0.15) is 0 Å². The maximum absolute atomic E-state index is 11.1. The third-order valence-electron chi connectivity index (χ3n) is 2.80. The van der Waals surface area contributed by atoms with Crippen LogP contribution in [0.5, 0.6) is 0 Å². The fourth-order valence-electron chi connectivity index (χ4n) is 1.65. The van der Waals surface area contributed by atoms with Crippen molar-refractivity contribution in [2.45, 2.75) is 9.79 Å². The van der Waals surface area contributed by atoms with E-state index in [-0.39, 0.29) is 9.92 Å². The molecule has 8 heteroatoms. The molecule has 0 bridgehead atoms. The lowest BCUT2D eigenvalue weighted by Gasteiger charge is -2.01. The molecule has 0 aliphatic heterocycles. The van der Waals surface area contributed by atoms with Crippen molar-refractivity contribution in [1.82, 2.24) is 0 Å². The zero-order valence-corrected chi connectivity index (χ0v) is 16.0. The number of carbonyl (C=O) groups excluding carboxylic acids is 2. The Bertz CT molecular complexity index is 849. The van der Waals surface area contributed by atoms with Gasteiger partial charge in [-0.1, -0.05) is 35.3 Å². The maximum Gasteiger partial charge on any atom is 0.176 e. The highest BCUT2D eigenvalue weighted by molar-refractivity contribution is 7.98. The summed E-state index contributed by atoms with van der Waals surface area (Å²) in [5, 5.41) is 0.717. The highest BCUT2D eigenvalue weighted by Gasteiger charge is 2.11. The summed E-state index contributed by atoms with van der Waals surface area (Å²) in [5.41, 5.74) is 0.977. The van der Waals surface area contributed by atoms with Crippen LogP contribution in [0.3, 0.4) is 0 Å². The SMILES string of the molecule is CS(=O)(=O)c1ccc(C=O)cc1Cl.CSc1ccc(C=O)cc1Cl. The van der Waals surface area contributed by atoms with Gasteiger partial charge in [-0.3, -0.25) is 9.59 Å². The highest BCUT2D eigenvalue weighted by atomic mass is 35.5. The predicted octanol–water partition coefficient (Wildman–Crippen LogP) is 4.43. The van der Waals surface area contributed by atoms with Crippen LogP contribution in [0.2, 0.25) is 10.0 Å². The van der Waals surface area contributed by atoms with Crippen LogP contribution in [0.1, 0.15) is 20.7 Å². The van der Waals surface area contributed by atoms with Gasteiger partial charge in [0.15, 0.2) is 9.84 Å². The number of hydrogen-bond donors (Lipinski definition) is 0. The minimum atomic E-state index is -3.31. The van der Waals surface area contributed by atoms with Gasteiger partial charge in [-0.15, -0.1) is 11.8 Å². The molecule has 0 saturated heterocycles. The van der Waals surface area contributed by atoms with Crippen molar-refractivity contribution in [2.24, 2.45) is 0 Å². The molecule has 0 aromatic heterocycles. The van der Waals surface area contributed by atoms with Crippen LogP contribution in [0.15, 0.2) is 46.2 Å². The fourth-order valence-corrected chi connectivity index (χ4v) is 3.86. The number of benzene rings is 2. The second-order valence-corrected chi connectivity index (χ2v) is 8.24. The van der Waals surface area contributed by atoms with Crippen LogP contribution < -0.4 is 0 Å². The van der Waals surface area contributed by atoms with E-state index in [2.05, 4.69) is 0 Å². The molecule has 0 spiro atoms. The lowest BCUT2D eigenvalue weighted by molar-refractivity contribution is 0.111. The molecule has 2 aromatic rings. The number of sulfone groups is 1. The van der Waals surface area contributed by atoms with Crippen LogP contribution in [0.25, 0.3) is 0 Å². The summed E-state index contributed by atoms with van der Waals surface area (Å²) in [6.07, 6.45) is 4.41. The van der Waals surface area contributed by atoms with E-state index in [9.17, 15) is 18.0 Å². The third-order valence-corrected chi connectivity index (χ3v) is 5.60. The summed E-state index contributed by atoms with van der Waals surface area (Å²) in [5.74, 6) is 0. The van der Waals surface area contributed by atoms with Crippen molar-refractivity contribution in [2.75, 3.05) is 12.5 Å². The zero-order chi connectivity index (χ0) is 18.3. The van der Waals surface area contributed by atoms with Gasteiger partial charge in [0.2, 0.25) is 0 Å². The average Bonchev–Trinajstić information content (AvgIpc) is 2.54. The van der Waals surface area contributed by atoms with Gasteiger partial charge < -0.3 is 0 Å². The summed E-state index contributed by atoms with van der Waals surface area (Å²) in [6, 6.07) is 9.32. The molecule has 2 rings (SSSR count). The van der Waals surface area contributed by atoms with Gasteiger partial charge in [-0.05, 0) is 30.5 Å². The van der Waals surface area contributed by atoms with Crippen LogP contribution in [-0.2, 0) is 9.84 Å². The van der Waals surface area contributed by atoms with Gasteiger partial charge in [0.05, 0.1) is 14.9 Å². The molecular weight excluding hydrogens is 391 g/mol. The summed E-state index contributed by atoms with van der Waals surface area (Å²) >= 11 is 13.1. The predicted molar refractivity (Wildman–Crippen MR) is 98.6 cm³/mol. The standard InChI is InChI=1S/C8H7ClO3S.C8H7ClOS/c1-13(11,12)8-3-2-6(5-10)4-7(8)9;1-11-8-3-2-6(5-10)4-7(8)9/h2-5H,1H3;2-5H,1H3. The Morgan fingerprint density at radius 2 is 1.42 bits per heavy atom. The Hall–Kier alpha value is -1.34. The molecule has 24 heavy (non-hydrogen) atoms. The number of aldehydes is 2. The molecule has 0 N–H and O–H groups in total. The Morgan fingerprint density at radius 1 is 0.917 bits per heavy atom.